The van der Waals surface area contributed by atoms with E-state index >= 15 is 4.39 Å². The molecule has 3 aliphatic rings. The number of nitro groups is 1. The first kappa shape index (κ1) is 43.9. The van der Waals surface area contributed by atoms with Crippen LogP contribution in [-0.4, -0.2) is 92.6 Å². The van der Waals surface area contributed by atoms with Gasteiger partial charge in [-0.25, -0.2) is 17.5 Å². The minimum absolute atomic E-state index is 0.0429. The number of benzene rings is 4. The van der Waals surface area contributed by atoms with Gasteiger partial charge in [-0.2, -0.15) is 5.10 Å². The zero-order chi connectivity index (χ0) is 44.5. The number of hydrogen-bond donors (Lipinski definition) is 3. The number of piperazine rings is 1. The molecule has 0 radical (unpaired) electrons. The highest BCUT2D eigenvalue weighted by molar-refractivity contribution is 7.90. The van der Waals surface area contributed by atoms with Crippen LogP contribution in [0, 0.1) is 15.5 Å². The van der Waals surface area contributed by atoms with Gasteiger partial charge in [0.05, 0.1) is 26.3 Å². The molecule has 5 aromatic rings. The Morgan fingerprint density at radius 2 is 1.75 bits per heavy atom. The van der Waals surface area contributed by atoms with Crippen LogP contribution in [0.2, 0.25) is 5.02 Å². The summed E-state index contributed by atoms with van der Waals surface area (Å²) in [4.78, 5) is 29.3. The topological polar surface area (TPSA) is 195 Å². The summed E-state index contributed by atoms with van der Waals surface area (Å²) in [6, 6.07) is 21.0. The van der Waals surface area contributed by atoms with Crippen LogP contribution in [0.4, 0.5) is 21.6 Å². The molecule has 15 nitrogen and oxygen atoms in total. The number of carbonyl (C=O) groups excluding carboxylic acids is 1. The third-order valence-corrected chi connectivity index (χ3v) is 13.7. The van der Waals surface area contributed by atoms with Gasteiger partial charge in [0, 0.05) is 81.6 Å². The maximum atomic E-state index is 15.2. The molecule has 18 heteroatoms. The second-order valence-electron chi connectivity index (χ2n) is 17.1. The number of anilines is 2. The average Bonchev–Trinajstić information content (AvgIpc) is 3.65. The third-order valence-electron chi connectivity index (χ3n) is 12.1. The van der Waals surface area contributed by atoms with Crippen LogP contribution in [-0.2, 0) is 14.8 Å². The van der Waals surface area contributed by atoms with Gasteiger partial charge in [-0.05, 0) is 84.3 Å². The summed E-state index contributed by atoms with van der Waals surface area (Å²) < 4.78 is 61.7. The molecular weight excluding hydrogens is 853 g/mol. The summed E-state index contributed by atoms with van der Waals surface area (Å²) in [6.07, 6.45) is 3.23. The van der Waals surface area contributed by atoms with Crippen molar-refractivity contribution in [1.82, 2.24) is 19.8 Å². The molecule has 2 fully saturated rings. The number of rotatable bonds is 13. The van der Waals surface area contributed by atoms with Crippen molar-refractivity contribution in [1.29, 1.82) is 0 Å². The van der Waals surface area contributed by atoms with Crippen molar-refractivity contribution < 1.29 is 36.7 Å². The van der Waals surface area contributed by atoms with Crippen LogP contribution >= 0.6 is 11.6 Å². The number of aromatic amines is 1. The number of nitrogen functional groups attached to an aromatic ring is 1. The Balaban J connectivity index is 1.02. The minimum atomic E-state index is -4.70. The van der Waals surface area contributed by atoms with Crippen LogP contribution in [0.25, 0.3) is 16.5 Å². The van der Waals surface area contributed by atoms with E-state index in [1.807, 2.05) is 16.9 Å². The molecule has 0 bridgehead atoms. The quantitative estimate of drug-likeness (QED) is 0.0757. The first-order valence-electron chi connectivity index (χ1n) is 20.8. The Morgan fingerprint density at radius 1 is 1.00 bits per heavy atom. The Kier molecular flexibility index (Phi) is 12.4. The van der Waals surface area contributed by atoms with Gasteiger partial charge in [0.1, 0.15) is 23.8 Å². The Labute approximate surface area is 369 Å². The van der Waals surface area contributed by atoms with Crippen LogP contribution in [0.1, 0.15) is 61.9 Å². The maximum absolute atomic E-state index is 15.2. The summed E-state index contributed by atoms with van der Waals surface area (Å²) in [6.45, 7) is 8.30. The van der Waals surface area contributed by atoms with Gasteiger partial charge in [0.15, 0.2) is 11.6 Å². The molecule has 4 aromatic carbocycles. The molecule has 1 aliphatic carbocycles. The monoisotopic (exact) mass is 901 g/mol. The zero-order valence-electron chi connectivity index (χ0n) is 35.0. The molecular formula is C45H49ClFN7O8S. The highest BCUT2D eigenvalue weighted by atomic mass is 35.5. The molecule has 8 rings (SSSR count). The number of allylic oxidation sites excluding steroid dienone is 1. The van der Waals surface area contributed by atoms with Crippen LogP contribution in [0.15, 0.2) is 89.3 Å². The SMILES string of the molecule is CC1(C)CCC(CN2CCN(c3ccc(C(=O)NS(=O)(=O)c4ccc(OCC5(F)CCOCC5)c([N+](=O)[O-])c4)c(Oc4cccc5[nH]nc(N)c45)c3)CC2)=C(c2ccc(Cl)cc2)C1. The lowest BCUT2D eigenvalue weighted by molar-refractivity contribution is -0.386. The average molecular weight is 902 g/mol. The van der Waals surface area contributed by atoms with Crippen molar-refractivity contribution in [2.75, 3.05) is 63.2 Å². The van der Waals surface area contributed by atoms with E-state index in [1.165, 1.54) is 22.8 Å². The largest absolute Gasteiger partial charge is 0.483 e. The van der Waals surface area contributed by atoms with Gasteiger partial charge in [-0.3, -0.25) is 24.9 Å². The first-order valence-corrected chi connectivity index (χ1v) is 22.7. The predicted octanol–water partition coefficient (Wildman–Crippen LogP) is 8.30. The van der Waals surface area contributed by atoms with Crippen molar-refractivity contribution in [3.05, 3.63) is 111 Å². The molecule has 2 aliphatic heterocycles. The van der Waals surface area contributed by atoms with Gasteiger partial charge in [0.2, 0.25) is 0 Å². The summed E-state index contributed by atoms with van der Waals surface area (Å²) in [7, 11) is -4.70. The number of nitrogens with one attached hydrogen (secondary N) is 2. The van der Waals surface area contributed by atoms with Crippen molar-refractivity contribution in [2.24, 2.45) is 5.41 Å². The fourth-order valence-electron chi connectivity index (χ4n) is 8.40. The number of nitrogens with zero attached hydrogens (tertiary/aromatic N) is 4. The maximum Gasteiger partial charge on any atom is 0.312 e. The van der Waals surface area contributed by atoms with Gasteiger partial charge < -0.3 is 24.8 Å². The number of alkyl halides is 1. The van der Waals surface area contributed by atoms with E-state index in [2.05, 4.69) is 46.0 Å². The van der Waals surface area contributed by atoms with Gasteiger partial charge >= 0.3 is 5.69 Å². The smallest absolute Gasteiger partial charge is 0.312 e. The lowest BCUT2D eigenvalue weighted by atomic mass is 9.72. The van der Waals surface area contributed by atoms with Crippen LogP contribution in [0.5, 0.6) is 17.2 Å². The van der Waals surface area contributed by atoms with E-state index in [9.17, 15) is 23.3 Å². The van der Waals surface area contributed by atoms with E-state index in [1.54, 1.807) is 30.3 Å². The number of hydrogen-bond acceptors (Lipinski definition) is 12. The van der Waals surface area contributed by atoms with Gasteiger partial charge in [0.25, 0.3) is 15.9 Å². The fraction of sp³-hybridized carbons (Fsp3) is 0.378. The van der Waals surface area contributed by atoms with E-state index in [0.29, 0.717) is 29.0 Å². The van der Waals surface area contributed by atoms with Crippen molar-refractivity contribution in [3.63, 3.8) is 0 Å². The number of nitro benzene ring substituents is 1. The molecule has 332 valence electrons. The molecule has 0 unspecified atom stereocenters. The minimum Gasteiger partial charge on any atom is -0.483 e. The summed E-state index contributed by atoms with van der Waals surface area (Å²) >= 11 is 6.23. The van der Waals surface area contributed by atoms with Crippen LogP contribution in [0.3, 0.4) is 0 Å². The van der Waals surface area contributed by atoms with Crippen molar-refractivity contribution in [2.45, 2.75) is 56.5 Å². The number of carbonyl (C=O) groups is 1. The van der Waals surface area contributed by atoms with E-state index in [4.69, 9.17) is 31.5 Å². The molecule has 1 aromatic heterocycles. The number of amides is 1. The number of sulfonamides is 1. The number of H-pyrrole nitrogens is 1. The Bertz CT molecular complexity index is 2680. The summed E-state index contributed by atoms with van der Waals surface area (Å²) in [5.74, 6) is -0.871. The van der Waals surface area contributed by atoms with E-state index in [0.717, 1.165) is 62.8 Å². The molecule has 63 heavy (non-hydrogen) atoms. The van der Waals surface area contributed by atoms with Gasteiger partial charge in [-0.1, -0.05) is 49.2 Å². The normalized spacial score (nSPS) is 18.0. The lowest BCUT2D eigenvalue weighted by Gasteiger charge is -2.39. The molecule has 1 amide bonds. The number of halogens is 2. The zero-order valence-corrected chi connectivity index (χ0v) is 36.6. The third kappa shape index (κ3) is 9.91. The standard InChI is InChI=1S/C45H49ClFN7O8S/c1-44(2)15-14-30(35(26-44)29-6-8-31(46)9-7-29)27-52-18-20-53(21-19-52)32-10-12-34(40(24-32)62-39-5-3-4-36-41(39)42(48)50-49-36)43(55)51-63(58,59)33-11-13-38(37(25-33)54(56)57)61-28-45(47)16-22-60-23-17-45/h3-13,24-25H,14-23,26-28H2,1-2H3,(H,51,55)(H3,48,49,50). The number of nitrogens with two attached hydrogens (primary N) is 1. The molecule has 4 N–H and O–H groups in total. The highest BCUT2D eigenvalue weighted by Gasteiger charge is 2.35. The van der Waals surface area contributed by atoms with Crippen molar-refractivity contribution in [3.8, 4) is 17.2 Å². The Hall–Kier alpha value is -5.75. The van der Waals surface area contributed by atoms with Gasteiger partial charge in [-0.15, -0.1) is 0 Å². The molecule has 3 heterocycles. The predicted molar refractivity (Wildman–Crippen MR) is 239 cm³/mol. The highest BCUT2D eigenvalue weighted by Crippen LogP contribution is 2.44. The molecule has 0 saturated carbocycles. The van der Waals surface area contributed by atoms with Crippen LogP contribution < -0.4 is 24.8 Å². The second kappa shape index (κ2) is 17.8. The first-order chi connectivity index (χ1) is 30.1. The number of ether oxygens (including phenoxy) is 3. The fourth-order valence-corrected chi connectivity index (χ4v) is 9.51. The molecule has 2 saturated heterocycles. The summed E-state index contributed by atoms with van der Waals surface area (Å²) in [5.41, 5.74) is 9.18. The van der Waals surface area contributed by atoms with E-state index in [-0.39, 0.29) is 60.1 Å². The summed E-state index contributed by atoms with van der Waals surface area (Å²) in [5, 5.41) is 20.2. The number of fused-ring (bicyclic) bond motifs is 1. The van der Waals surface area contributed by atoms with Crippen molar-refractivity contribution >= 4 is 61.2 Å². The lowest BCUT2D eigenvalue weighted by Crippen LogP contribution is -2.47. The van der Waals surface area contributed by atoms with E-state index < -0.39 is 43.7 Å². The molecule has 0 atom stereocenters. The molecule has 0 spiro atoms. The Morgan fingerprint density at radius 3 is 2.48 bits per heavy atom. The second-order valence-corrected chi connectivity index (χ2v) is 19.3. The number of aromatic nitrogens is 2.